The van der Waals surface area contributed by atoms with Crippen LogP contribution in [-0.4, -0.2) is 23.1 Å². The van der Waals surface area contributed by atoms with Crippen molar-refractivity contribution in [3.8, 4) is 5.75 Å². The van der Waals surface area contributed by atoms with Crippen molar-refractivity contribution in [1.82, 2.24) is 0 Å². The zero-order valence-corrected chi connectivity index (χ0v) is 14.5. The third kappa shape index (κ3) is 2.25. The molecule has 0 radical (unpaired) electrons. The number of halogens is 1. The maximum absolute atomic E-state index is 10.5. The number of rotatable bonds is 2. The number of phenols is 1. The fourth-order valence-corrected chi connectivity index (χ4v) is 3.90. The highest BCUT2D eigenvalue weighted by Gasteiger charge is 2.36. The van der Waals surface area contributed by atoms with Crippen molar-refractivity contribution in [3.63, 3.8) is 0 Å². The van der Waals surface area contributed by atoms with Gasteiger partial charge < -0.3 is 10.0 Å². The lowest BCUT2D eigenvalue weighted by molar-refractivity contribution is 0.479. The molecule has 22 heavy (non-hydrogen) atoms. The van der Waals surface area contributed by atoms with Gasteiger partial charge >= 0.3 is 0 Å². The molecule has 2 nitrogen and oxygen atoms in total. The van der Waals surface area contributed by atoms with Gasteiger partial charge in [0, 0.05) is 41.0 Å². The highest BCUT2D eigenvalue weighted by molar-refractivity contribution is 6.19. The summed E-state index contributed by atoms with van der Waals surface area (Å²) in [5.74, 6) is 1.29. The van der Waals surface area contributed by atoms with Crippen LogP contribution in [0, 0.1) is 0 Å². The highest BCUT2D eigenvalue weighted by atomic mass is 35.5. The third-order valence-electron chi connectivity index (χ3n) is 4.72. The number of anilines is 1. The molecular weight excluding hydrogens is 294 g/mol. The number of hydrogen-bond donors (Lipinski definition) is 1. The van der Waals surface area contributed by atoms with Crippen LogP contribution in [-0.2, 0) is 6.42 Å². The minimum absolute atomic E-state index is 0.0107. The van der Waals surface area contributed by atoms with Gasteiger partial charge in [-0.1, -0.05) is 25.1 Å². The van der Waals surface area contributed by atoms with Crippen LogP contribution in [0.15, 0.2) is 24.3 Å². The number of benzene rings is 2. The maximum atomic E-state index is 10.5. The van der Waals surface area contributed by atoms with Crippen LogP contribution >= 0.6 is 11.6 Å². The smallest absolute Gasteiger partial charge is 0.125 e. The molecule has 118 valence electrons. The summed E-state index contributed by atoms with van der Waals surface area (Å²) >= 11 is 6.30. The normalized spacial score (nSPS) is 18.0. The van der Waals surface area contributed by atoms with E-state index in [1.54, 1.807) is 0 Å². The molecule has 3 rings (SSSR count). The average Bonchev–Trinajstić information content (AvgIpc) is 2.85. The van der Waals surface area contributed by atoms with Crippen molar-refractivity contribution < 1.29 is 5.11 Å². The molecule has 0 bridgehead atoms. The fourth-order valence-electron chi connectivity index (χ4n) is 3.65. The Morgan fingerprint density at radius 2 is 2.05 bits per heavy atom. The van der Waals surface area contributed by atoms with Gasteiger partial charge in [0.25, 0.3) is 0 Å². The van der Waals surface area contributed by atoms with Crippen LogP contribution in [0.4, 0.5) is 5.69 Å². The number of aryl methyl sites for hydroxylation is 1. The monoisotopic (exact) mass is 317 g/mol. The topological polar surface area (TPSA) is 23.5 Å². The molecule has 3 heteroatoms. The van der Waals surface area contributed by atoms with E-state index < -0.39 is 0 Å². The van der Waals surface area contributed by atoms with Crippen molar-refractivity contribution in [2.24, 2.45) is 0 Å². The van der Waals surface area contributed by atoms with Crippen LogP contribution in [0.3, 0.4) is 0 Å². The molecule has 1 aliphatic heterocycles. The molecular formula is C19H24ClNO. The second-order valence-corrected chi connectivity index (χ2v) is 7.46. The number of fused-ring (bicyclic) bond motifs is 3. The Kier molecular flexibility index (Phi) is 3.76. The molecule has 0 aromatic heterocycles. The molecule has 0 saturated carbocycles. The van der Waals surface area contributed by atoms with Crippen molar-refractivity contribution in [3.05, 3.63) is 35.4 Å². The molecule has 1 heterocycles. The van der Waals surface area contributed by atoms with E-state index in [0.717, 1.165) is 24.0 Å². The largest absolute Gasteiger partial charge is 0.507 e. The van der Waals surface area contributed by atoms with E-state index in [0.29, 0.717) is 17.5 Å². The number of phenolic OH excluding ortho intramolecular Hbond substituents is 1. The van der Waals surface area contributed by atoms with Crippen LogP contribution in [0.1, 0.15) is 44.7 Å². The minimum atomic E-state index is 0.0107. The van der Waals surface area contributed by atoms with Crippen LogP contribution < -0.4 is 4.90 Å². The van der Waals surface area contributed by atoms with Crippen molar-refractivity contribution in [2.45, 2.75) is 45.6 Å². The third-order valence-corrected chi connectivity index (χ3v) is 5.10. The molecule has 1 atom stereocenters. The van der Waals surface area contributed by atoms with E-state index in [2.05, 4.69) is 38.7 Å². The molecule has 1 aliphatic rings. The van der Waals surface area contributed by atoms with Crippen LogP contribution in [0.2, 0.25) is 0 Å². The zero-order valence-electron chi connectivity index (χ0n) is 13.8. The van der Waals surface area contributed by atoms with Gasteiger partial charge in [-0.05, 0) is 43.7 Å². The van der Waals surface area contributed by atoms with Gasteiger partial charge in [0.15, 0.2) is 0 Å². The first-order valence-corrected chi connectivity index (χ1v) is 8.53. The molecule has 2 aromatic carbocycles. The van der Waals surface area contributed by atoms with E-state index >= 15 is 0 Å². The molecule has 0 fully saturated rings. The number of hydrogen-bond acceptors (Lipinski definition) is 2. The highest BCUT2D eigenvalue weighted by Crippen LogP contribution is 2.48. The summed E-state index contributed by atoms with van der Waals surface area (Å²) in [6.45, 7) is 9.71. The van der Waals surface area contributed by atoms with E-state index in [4.69, 9.17) is 11.6 Å². The Morgan fingerprint density at radius 3 is 2.64 bits per heavy atom. The van der Waals surface area contributed by atoms with Crippen molar-refractivity contribution >= 4 is 28.1 Å². The lowest BCUT2D eigenvalue weighted by atomic mass is 9.91. The summed E-state index contributed by atoms with van der Waals surface area (Å²) < 4.78 is 0. The molecule has 1 N–H and O–H groups in total. The van der Waals surface area contributed by atoms with Crippen molar-refractivity contribution in [1.29, 1.82) is 0 Å². The Bertz CT molecular complexity index is 717. The molecule has 2 aromatic rings. The predicted molar refractivity (Wildman–Crippen MR) is 95.6 cm³/mol. The zero-order chi connectivity index (χ0) is 16.1. The van der Waals surface area contributed by atoms with Gasteiger partial charge in [0.1, 0.15) is 5.75 Å². The SMILES string of the molecule is CCc1cccc2c(O)cc3c(c12)[C@H](CCl)CN3C(C)(C)C. The standard InChI is InChI=1S/C19H24ClNO/c1-5-12-7-6-8-14-16(22)9-15-18(17(12)14)13(10-20)11-21(15)19(2,3)4/h6-9,13,22H,5,10-11H2,1-4H3/t13-/m1/s1. The quantitative estimate of drug-likeness (QED) is 0.784. The van der Waals surface area contributed by atoms with E-state index in [9.17, 15) is 5.11 Å². The van der Waals surface area contributed by atoms with Gasteiger partial charge in [0.2, 0.25) is 0 Å². The summed E-state index contributed by atoms with van der Waals surface area (Å²) in [6, 6.07) is 8.12. The first-order chi connectivity index (χ1) is 10.4. The summed E-state index contributed by atoms with van der Waals surface area (Å²) in [5, 5.41) is 12.7. The molecule has 0 amide bonds. The van der Waals surface area contributed by atoms with Gasteiger partial charge in [-0.3, -0.25) is 0 Å². The second kappa shape index (κ2) is 5.34. The lowest BCUT2D eigenvalue weighted by Gasteiger charge is -2.35. The fraction of sp³-hybridized carbons (Fsp3) is 0.474. The summed E-state index contributed by atoms with van der Waals surface area (Å²) in [5.41, 5.74) is 3.76. The van der Waals surface area contributed by atoms with Crippen LogP contribution in [0.25, 0.3) is 10.8 Å². The Hall–Kier alpha value is -1.41. The maximum Gasteiger partial charge on any atom is 0.125 e. The van der Waals surface area contributed by atoms with Crippen molar-refractivity contribution in [2.75, 3.05) is 17.3 Å². The molecule has 0 saturated heterocycles. The summed E-state index contributed by atoms with van der Waals surface area (Å²) in [4.78, 5) is 2.38. The van der Waals surface area contributed by atoms with Crippen LogP contribution in [0.5, 0.6) is 5.75 Å². The number of aromatic hydroxyl groups is 1. The van der Waals surface area contributed by atoms with Gasteiger partial charge in [-0.15, -0.1) is 11.6 Å². The van der Waals surface area contributed by atoms with Gasteiger partial charge in [-0.2, -0.15) is 0 Å². The minimum Gasteiger partial charge on any atom is -0.507 e. The lowest BCUT2D eigenvalue weighted by Crippen LogP contribution is -2.40. The van der Waals surface area contributed by atoms with E-state index in [1.807, 2.05) is 18.2 Å². The van der Waals surface area contributed by atoms with E-state index in [-0.39, 0.29) is 5.54 Å². The average molecular weight is 318 g/mol. The summed E-state index contributed by atoms with van der Waals surface area (Å²) in [7, 11) is 0. The van der Waals surface area contributed by atoms with E-state index in [1.165, 1.54) is 16.5 Å². The molecule has 0 spiro atoms. The Morgan fingerprint density at radius 1 is 1.32 bits per heavy atom. The second-order valence-electron chi connectivity index (χ2n) is 7.15. The Labute approximate surface area is 137 Å². The Balaban J connectivity index is 2.38. The molecule has 0 aliphatic carbocycles. The first kappa shape index (κ1) is 15.5. The number of nitrogens with zero attached hydrogens (tertiary/aromatic N) is 1. The molecule has 0 unspecified atom stereocenters. The predicted octanol–water partition coefficient (Wildman–Crippen LogP) is 5.05. The van der Waals surface area contributed by atoms with Gasteiger partial charge in [0.05, 0.1) is 0 Å². The summed E-state index contributed by atoms with van der Waals surface area (Å²) in [6.07, 6.45) is 0.956. The number of alkyl halides is 1. The first-order valence-electron chi connectivity index (χ1n) is 7.99. The van der Waals surface area contributed by atoms with Gasteiger partial charge in [-0.25, -0.2) is 0 Å².